The second-order valence-electron chi connectivity index (χ2n) is 5.23. The van der Waals surface area contributed by atoms with Gasteiger partial charge in [-0.05, 0) is 32.2 Å². The maximum Gasteiger partial charge on any atom is 0.0834 e. The van der Waals surface area contributed by atoms with Gasteiger partial charge in [-0.3, -0.25) is 4.68 Å². The molecule has 1 aliphatic rings. The molecule has 1 aromatic rings. The number of nitrogens with one attached hydrogen (secondary N) is 1. The predicted molar refractivity (Wildman–Crippen MR) is 75.9 cm³/mol. The summed E-state index contributed by atoms with van der Waals surface area (Å²) in [5, 5.41) is 8.81. The first-order valence-electron chi connectivity index (χ1n) is 7.20. The molecule has 3 nitrogen and oxygen atoms in total. The maximum absolute atomic E-state index is 6.32. The Morgan fingerprint density at radius 3 is 2.83 bits per heavy atom. The molecule has 0 spiro atoms. The third kappa shape index (κ3) is 3.07. The van der Waals surface area contributed by atoms with Crippen LogP contribution in [0.2, 0.25) is 5.02 Å². The molecule has 1 N–H and O–H groups in total. The Morgan fingerprint density at radius 1 is 1.50 bits per heavy atom. The van der Waals surface area contributed by atoms with E-state index in [2.05, 4.69) is 24.3 Å². The summed E-state index contributed by atoms with van der Waals surface area (Å²) in [6.45, 7) is 6.25. The summed E-state index contributed by atoms with van der Waals surface area (Å²) in [7, 11) is 0. The lowest BCUT2D eigenvalue weighted by atomic mass is 9.80. The van der Waals surface area contributed by atoms with Crippen LogP contribution in [0, 0.1) is 5.92 Å². The topological polar surface area (TPSA) is 29.9 Å². The van der Waals surface area contributed by atoms with Crippen LogP contribution < -0.4 is 5.32 Å². The fourth-order valence-corrected chi connectivity index (χ4v) is 2.92. The predicted octanol–water partition coefficient (Wildman–Crippen LogP) is 3.79. The van der Waals surface area contributed by atoms with Crippen LogP contribution in [0.25, 0.3) is 0 Å². The third-order valence-corrected chi connectivity index (χ3v) is 4.19. The van der Waals surface area contributed by atoms with E-state index < -0.39 is 0 Å². The Bertz CT molecular complexity index is 371. The molecule has 1 aliphatic carbocycles. The molecule has 1 unspecified atom stereocenters. The molecule has 1 heterocycles. The van der Waals surface area contributed by atoms with Crippen molar-refractivity contribution < 1.29 is 0 Å². The zero-order valence-corrected chi connectivity index (χ0v) is 12.2. The smallest absolute Gasteiger partial charge is 0.0834 e. The summed E-state index contributed by atoms with van der Waals surface area (Å²) in [5.74, 6) is 0.871. The van der Waals surface area contributed by atoms with Gasteiger partial charge in [-0.25, -0.2) is 0 Å². The Balaban J connectivity index is 2.11. The first-order valence-corrected chi connectivity index (χ1v) is 7.58. The van der Waals surface area contributed by atoms with Gasteiger partial charge in [0, 0.05) is 6.54 Å². The van der Waals surface area contributed by atoms with Gasteiger partial charge in [0.05, 0.1) is 23.0 Å². The van der Waals surface area contributed by atoms with Gasteiger partial charge < -0.3 is 5.32 Å². The maximum atomic E-state index is 6.32. The van der Waals surface area contributed by atoms with Gasteiger partial charge in [0.2, 0.25) is 0 Å². The van der Waals surface area contributed by atoms with Crippen molar-refractivity contribution in [3.63, 3.8) is 0 Å². The number of halogens is 1. The molecule has 1 aromatic heterocycles. The average molecular weight is 270 g/mol. The van der Waals surface area contributed by atoms with Gasteiger partial charge in [0.15, 0.2) is 0 Å². The lowest BCUT2D eigenvalue weighted by molar-refractivity contribution is 0.256. The monoisotopic (exact) mass is 269 g/mol. The summed E-state index contributed by atoms with van der Waals surface area (Å²) in [6, 6.07) is 0.366. The van der Waals surface area contributed by atoms with Crippen LogP contribution in [0.3, 0.4) is 0 Å². The SMILES string of the molecule is CCCNC(CC1CCC1)c1c(Cl)cnn1CC. The van der Waals surface area contributed by atoms with E-state index in [0.717, 1.165) is 30.5 Å². The lowest BCUT2D eigenvalue weighted by Gasteiger charge is -2.30. The van der Waals surface area contributed by atoms with Crippen molar-refractivity contribution in [1.29, 1.82) is 0 Å². The highest BCUT2D eigenvalue weighted by molar-refractivity contribution is 6.31. The third-order valence-electron chi connectivity index (χ3n) is 3.90. The van der Waals surface area contributed by atoms with E-state index in [1.165, 1.54) is 31.4 Å². The molecule has 4 heteroatoms. The molecule has 1 fully saturated rings. The van der Waals surface area contributed by atoms with E-state index in [0.29, 0.717) is 6.04 Å². The number of hydrogen-bond donors (Lipinski definition) is 1. The minimum atomic E-state index is 0.366. The molecule has 0 aromatic carbocycles. The standard InChI is InChI=1S/C14H24ClN3/c1-3-8-16-13(9-11-6-5-7-11)14-12(15)10-17-18(14)4-2/h10-11,13,16H,3-9H2,1-2H3. The Kier molecular flexibility index (Phi) is 5.07. The average Bonchev–Trinajstić information content (AvgIpc) is 2.69. The molecule has 2 rings (SSSR count). The quantitative estimate of drug-likeness (QED) is 0.816. The van der Waals surface area contributed by atoms with Crippen LogP contribution in [-0.4, -0.2) is 16.3 Å². The van der Waals surface area contributed by atoms with Crippen molar-refractivity contribution in [1.82, 2.24) is 15.1 Å². The van der Waals surface area contributed by atoms with Gasteiger partial charge in [-0.15, -0.1) is 0 Å². The summed E-state index contributed by atoms with van der Waals surface area (Å²) in [5.41, 5.74) is 1.18. The molecule has 0 amide bonds. The summed E-state index contributed by atoms with van der Waals surface area (Å²) < 4.78 is 2.04. The molecule has 1 saturated carbocycles. The molecule has 102 valence electrons. The summed E-state index contributed by atoms with van der Waals surface area (Å²) in [4.78, 5) is 0. The Hall–Kier alpha value is -0.540. The number of hydrogen-bond acceptors (Lipinski definition) is 2. The van der Waals surface area contributed by atoms with E-state index in [1.807, 2.05) is 4.68 Å². The van der Waals surface area contributed by atoms with Crippen molar-refractivity contribution >= 4 is 11.6 Å². The Labute approximate surface area is 115 Å². The molecular weight excluding hydrogens is 246 g/mol. The molecule has 0 aliphatic heterocycles. The fraction of sp³-hybridized carbons (Fsp3) is 0.786. The van der Waals surface area contributed by atoms with Crippen LogP contribution in [0.15, 0.2) is 6.20 Å². The molecule has 0 radical (unpaired) electrons. The van der Waals surface area contributed by atoms with Crippen LogP contribution >= 0.6 is 11.6 Å². The van der Waals surface area contributed by atoms with Crippen LogP contribution in [-0.2, 0) is 6.54 Å². The van der Waals surface area contributed by atoms with E-state index >= 15 is 0 Å². The second kappa shape index (κ2) is 6.58. The minimum Gasteiger partial charge on any atom is -0.309 e. The van der Waals surface area contributed by atoms with Gasteiger partial charge in [-0.2, -0.15) is 5.10 Å². The molecular formula is C14H24ClN3. The highest BCUT2D eigenvalue weighted by Crippen LogP contribution is 2.36. The van der Waals surface area contributed by atoms with E-state index in [1.54, 1.807) is 6.20 Å². The Morgan fingerprint density at radius 2 is 2.28 bits per heavy atom. The highest BCUT2D eigenvalue weighted by atomic mass is 35.5. The fourth-order valence-electron chi connectivity index (χ4n) is 2.64. The largest absolute Gasteiger partial charge is 0.309 e. The highest BCUT2D eigenvalue weighted by Gasteiger charge is 2.26. The van der Waals surface area contributed by atoms with E-state index in [9.17, 15) is 0 Å². The summed E-state index contributed by atoms with van der Waals surface area (Å²) in [6.07, 6.45) is 8.28. The number of nitrogens with zero attached hydrogens (tertiary/aromatic N) is 2. The first-order chi connectivity index (χ1) is 8.76. The van der Waals surface area contributed by atoms with Crippen LogP contribution in [0.5, 0.6) is 0 Å². The van der Waals surface area contributed by atoms with E-state index in [4.69, 9.17) is 11.6 Å². The molecule has 18 heavy (non-hydrogen) atoms. The summed E-state index contributed by atoms with van der Waals surface area (Å²) >= 11 is 6.32. The number of aromatic nitrogens is 2. The first kappa shape index (κ1) is 13.9. The van der Waals surface area contributed by atoms with Gasteiger partial charge in [0.25, 0.3) is 0 Å². The van der Waals surface area contributed by atoms with Crippen molar-refractivity contribution in [3.05, 3.63) is 16.9 Å². The number of aryl methyl sites for hydroxylation is 1. The van der Waals surface area contributed by atoms with Crippen molar-refractivity contribution in [3.8, 4) is 0 Å². The van der Waals surface area contributed by atoms with Crippen LogP contribution in [0.1, 0.15) is 57.7 Å². The zero-order valence-electron chi connectivity index (χ0n) is 11.5. The van der Waals surface area contributed by atoms with Crippen LogP contribution in [0.4, 0.5) is 0 Å². The number of rotatable bonds is 7. The normalized spacial score (nSPS) is 17.7. The van der Waals surface area contributed by atoms with E-state index in [-0.39, 0.29) is 0 Å². The lowest BCUT2D eigenvalue weighted by Crippen LogP contribution is -2.28. The van der Waals surface area contributed by atoms with Gasteiger partial charge >= 0.3 is 0 Å². The molecule has 0 saturated heterocycles. The second-order valence-corrected chi connectivity index (χ2v) is 5.64. The molecule has 1 atom stereocenters. The molecule has 0 bridgehead atoms. The minimum absolute atomic E-state index is 0.366. The van der Waals surface area contributed by atoms with Crippen molar-refractivity contribution in [2.24, 2.45) is 5.92 Å². The van der Waals surface area contributed by atoms with Gasteiger partial charge in [-0.1, -0.05) is 37.8 Å². The van der Waals surface area contributed by atoms with Crippen molar-refractivity contribution in [2.45, 2.75) is 58.5 Å². The van der Waals surface area contributed by atoms with Crippen molar-refractivity contribution in [2.75, 3.05) is 6.54 Å². The zero-order chi connectivity index (χ0) is 13.0. The van der Waals surface area contributed by atoms with Gasteiger partial charge in [0.1, 0.15) is 0 Å².